The molecule has 0 aliphatic carbocycles. The highest BCUT2D eigenvalue weighted by Crippen LogP contribution is 2.22. The van der Waals surface area contributed by atoms with Crippen molar-refractivity contribution in [3.05, 3.63) is 38.3 Å². The van der Waals surface area contributed by atoms with E-state index in [2.05, 4.69) is 27.5 Å². The summed E-state index contributed by atoms with van der Waals surface area (Å²) in [6, 6.07) is 4.87. The van der Waals surface area contributed by atoms with Crippen LogP contribution in [0.25, 0.3) is 0 Å². The Labute approximate surface area is 120 Å². The molecule has 0 fully saturated rings. The first kappa shape index (κ1) is 15.5. The van der Waals surface area contributed by atoms with Crippen LogP contribution in [-0.4, -0.2) is 23.5 Å². The van der Waals surface area contributed by atoms with Crippen LogP contribution in [0.15, 0.2) is 22.7 Å². The lowest BCUT2D eigenvalue weighted by Crippen LogP contribution is -2.15. The number of thioether (sulfide) groups is 1. The van der Waals surface area contributed by atoms with Crippen molar-refractivity contribution < 1.29 is 4.92 Å². The Morgan fingerprint density at radius 1 is 1.44 bits per heavy atom. The maximum atomic E-state index is 10.6. The summed E-state index contributed by atoms with van der Waals surface area (Å²) in [5.41, 5.74) is 1.16. The smallest absolute Gasteiger partial charge is 0.270 e. The molecule has 1 rings (SSSR count). The van der Waals surface area contributed by atoms with Gasteiger partial charge in [0.15, 0.2) is 0 Å². The Morgan fingerprint density at radius 2 is 2.22 bits per heavy atom. The molecule has 0 amide bonds. The molecule has 1 N–H and O–H groups in total. The predicted molar refractivity (Wildman–Crippen MR) is 80.1 cm³/mol. The highest BCUT2D eigenvalue weighted by atomic mass is 79.9. The molecule has 1 aromatic carbocycles. The summed E-state index contributed by atoms with van der Waals surface area (Å²) >= 11 is 5.23. The number of hydrogen-bond acceptors (Lipinski definition) is 4. The fraction of sp³-hybridized carbons (Fsp3) is 0.500. The summed E-state index contributed by atoms with van der Waals surface area (Å²) in [4.78, 5) is 10.2. The van der Waals surface area contributed by atoms with Gasteiger partial charge in [-0.2, -0.15) is 11.8 Å². The molecule has 0 spiro atoms. The summed E-state index contributed by atoms with van der Waals surface area (Å²) in [5.74, 6) is 1.20. The first-order valence-corrected chi connectivity index (χ1v) is 7.96. The zero-order valence-corrected chi connectivity index (χ0v) is 12.7. The number of rotatable bonds is 8. The number of nitro groups is 1. The van der Waals surface area contributed by atoms with Gasteiger partial charge in [-0.1, -0.05) is 15.9 Å². The molecule has 0 saturated heterocycles. The molecular weight excluding hydrogens is 316 g/mol. The van der Waals surface area contributed by atoms with Crippen LogP contribution in [-0.2, 0) is 6.54 Å². The van der Waals surface area contributed by atoms with Crippen molar-refractivity contribution in [2.75, 3.05) is 18.6 Å². The minimum Gasteiger partial charge on any atom is -0.313 e. The number of nitrogens with one attached hydrogen (secondary N) is 1. The maximum Gasteiger partial charge on any atom is 0.270 e. The summed E-state index contributed by atoms with van der Waals surface area (Å²) < 4.78 is 0.785. The lowest BCUT2D eigenvalue weighted by atomic mass is 10.2. The summed E-state index contributed by atoms with van der Waals surface area (Å²) in [7, 11) is 0. The average molecular weight is 333 g/mol. The molecule has 6 heteroatoms. The Morgan fingerprint density at radius 3 is 2.83 bits per heavy atom. The van der Waals surface area contributed by atoms with E-state index in [0.717, 1.165) is 29.5 Å². The molecule has 0 radical (unpaired) electrons. The van der Waals surface area contributed by atoms with E-state index in [9.17, 15) is 10.1 Å². The van der Waals surface area contributed by atoms with Crippen molar-refractivity contribution in [2.24, 2.45) is 0 Å². The number of benzene rings is 1. The molecule has 0 bridgehead atoms. The van der Waals surface area contributed by atoms with Crippen molar-refractivity contribution >= 4 is 33.4 Å². The van der Waals surface area contributed by atoms with Gasteiger partial charge in [-0.05, 0) is 43.0 Å². The van der Waals surface area contributed by atoms with E-state index in [1.165, 1.54) is 18.2 Å². The highest BCUT2D eigenvalue weighted by molar-refractivity contribution is 9.10. The Hall–Kier alpha value is -0.590. The maximum absolute atomic E-state index is 10.6. The summed E-state index contributed by atoms with van der Waals surface area (Å²) in [6.07, 6.45) is 4.49. The average Bonchev–Trinajstić information content (AvgIpc) is 2.35. The zero-order valence-electron chi connectivity index (χ0n) is 10.3. The summed E-state index contributed by atoms with van der Waals surface area (Å²) in [5, 5.41) is 13.9. The second kappa shape index (κ2) is 8.50. The monoisotopic (exact) mass is 332 g/mol. The quantitative estimate of drug-likeness (QED) is 0.449. The minimum absolute atomic E-state index is 0.116. The molecule has 0 heterocycles. The number of unbranched alkanes of at least 4 members (excludes halogenated alkanes) is 1. The topological polar surface area (TPSA) is 55.2 Å². The van der Waals surface area contributed by atoms with Gasteiger partial charge in [0.25, 0.3) is 5.69 Å². The third kappa shape index (κ3) is 5.37. The molecule has 1 aromatic rings. The lowest BCUT2D eigenvalue weighted by molar-refractivity contribution is -0.384. The van der Waals surface area contributed by atoms with Crippen molar-refractivity contribution in [1.82, 2.24) is 5.32 Å². The third-order valence-corrected chi connectivity index (χ3v) is 3.95. The standard InChI is InChI=1S/C12H17BrN2O2S/c1-18-7-3-2-6-14-9-10-4-5-11(15(16)17)8-12(10)13/h4-5,8,14H,2-3,6-7,9H2,1H3. The van der Waals surface area contributed by atoms with Gasteiger partial charge in [0, 0.05) is 23.2 Å². The van der Waals surface area contributed by atoms with E-state index in [-0.39, 0.29) is 10.6 Å². The van der Waals surface area contributed by atoms with Crippen molar-refractivity contribution in [2.45, 2.75) is 19.4 Å². The molecule has 0 aliphatic heterocycles. The fourth-order valence-corrected chi connectivity index (χ4v) is 2.51. The van der Waals surface area contributed by atoms with Crippen molar-refractivity contribution in [3.63, 3.8) is 0 Å². The van der Waals surface area contributed by atoms with E-state index in [1.54, 1.807) is 12.1 Å². The van der Waals surface area contributed by atoms with Gasteiger partial charge in [-0.15, -0.1) is 0 Å². The van der Waals surface area contributed by atoms with E-state index in [0.29, 0.717) is 0 Å². The molecule has 18 heavy (non-hydrogen) atoms. The molecule has 0 atom stereocenters. The minimum atomic E-state index is -0.385. The second-order valence-corrected chi connectivity index (χ2v) is 5.75. The van der Waals surface area contributed by atoms with Crippen LogP contribution < -0.4 is 5.32 Å². The van der Waals surface area contributed by atoms with Crippen LogP contribution in [0.3, 0.4) is 0 Å². The van der Waals surface area contributed by atoms with E-state index >= 15 is 0 Å². The van der Waals surface area contributed by atoms with Gasteiger partial charge < -0.3 is 5.32 Å². The van der Waals surface area contributed by atoms with Gasteiger partial charge in [-0.3, -0.25) is 10.1 Å². The van der Waals surface area contributed by atoms with E-state index < -0.39 is 0 Å². The van der Waals surface area contributed by atoms with Gasteiger partial charge in [-0.25, -0.2) is 0 Å². The third-order valence-electron chi connectivity index (χ3n) is 2.51. The molecule has 0 aromatic heterocycles. The van der Waals surface area contributed by atoms with Crippen LogP contribution in [0.1, 0.15) is 18.4 Å². The number of hydrogen-bond donors (Lipinski definition) is 1. The molecule has 0 saturated carbocycles. The van der Waals surface area contributed by atoms with Crippen LogP contribution in [0.2, 0.25) is 0 Å². The number of halogens is 1. The van der Waals surface area contributed by atoms with Crippen molar-refractivity contribution in [3.8, 4) is 0 Å². The summed E-state index contributed by atoms with van der Waals surface area (Å²) in [6.45, 7) is 1.71. The Kier molecular flexibility index (Phi) is 7.31. The fourth-order valence-electron chi connectivity index (χ4n) is 1.51. The van der Waals surface area contributed by atoms with E-state index in [1.807, 2.05) is 11.8 Å². The Balaban J connectivity index is 2.36. The van der Waals surface area contributed by atoms with Crippen LogP contribution in [0, 0.1) is 10.1 Å². The molecule has 4 nitrogen and oxygen atoms in total. The SMILES string of the molecule is CSCCCCNCc1ccc([N+](=O)[O-])cc1Br. The van der Waals surface area contributed by atoms with E-state index in [4.69, 9.17) is 0 Å². The van der Waals surface area contributed by atoms with Gasteiger partial charge in [0.1, 0.15) is 0 Å². The number of nitro benzene ring substituents is 1. The number of nitrogens with zero attached hydrogens (tertiary/aromatic N) is 1. The highest BCUT2D eigenvalue weighted by Gasteiger charge is 2.08. The van der Waals surface area contributed by atoms with Gasteiger partial charge >= 0.3 is 0 Å². The van der Waals surface area contributed by atoms with Gasteiger partial charge in [0.2, 0.25) is 0 Å². The second-order valence-electron chi connectivity index (χ2n) is 3.91. The first-order valence-electron chi connectivity index (χ1n) is 5.77. The lowest BCUT2D eigenvalue weighted by Gasteiger charge is -2.06. The first-order chi connectivity index (χ1) is 8.65. The molecule has 100 valence electrons. The van der Waals surface area contributed by atoms with Crippen LogP contribution >= 0.6 is 27.7 Å². The molecule has 0 unspecified atom stereocenters. The van der Waals surface area contributed by atoms with Crippen LogP contribution in [0.4, 0.5) is 5.69 Å². The van der Waals surface area contributed by atoms with Gasteiger partial charge in [0.05, 0.1) is 4.92 Å². The Bertz CT molecular complexity index is 402. The zero-order chi connectivity index (χ0) is 13.4. The predicted octanol–water partition coefficient (Wildman–Crippen LogP) is 3.59. The van der Waals surface area contributed by atoms with Crippen LogP contribution in [0.5, 0.6) is 0 Å². The van der Waals surface area contributed by atoms with Crippen molar-refractivity contribution in [1.29, 1.82) is 0 Å². The normalized spacial score (nSPS) is 10.6. The molecule has 0 aliphatic rings. The molecular formula is C12H17BrN2O2S. The largest absolute Gasteiger partial charge is 0.313 e. The number of non-ortho nitro benzene ring substituents is 1.